The maximum absolute atomic E-state index is 12.2. The van der Waals surface area contributed by atoms with Crippen molar-refractivity contribution >= 4 is 11.9 Å². The Hall–Kier alpha value is -1.06. The number of rotatable bonds is 7. The van der Waals surface area contributed by atoms with Gasteiger partial charge in [-0.3, -0.25) is 4.79 Å². The van der Waals surface area contributed by atoms with Crippen molar-refractivity contribution in [2.24, 2.45) is 5.92 Å². The van der Waals surface area contributed by atoms with Crippen molar-refractivity contribution < 1.29 is 14.7 Å². The van der Waals surface area contributed by atoms with Gasteiger partial charge < -0.3 is 10.0 Å². The first-order chi connectivity index (χ1) is 9.07. The third kappa shape index (κ3) is 4.84. The predicted molar refractivity (Wildman–Crippen MR) is 74.9 cm³/mol. The first kappa shape index (κ1) is 16.0. The number of carboxylic acids is 1. The zero-order valence-electron chi connectivity index (χ0n) is 12.2. The van der Waals surface area contributed by atoms with Crippen LogP contribution >= 0.6 is 0 Å². The van der Waals surface area contributed by atoms with Crippen LogP contribution in [-0.2, 0) is 9.59 Å². The molecule has 110 valence electrons. The first-order valence-corrected chi connectivity index (χ1v) is 7.60. The van der Waals surface area contributed by atoms with E-state index in [0.29, 0.717) is 13.0 Å². The lowest BCUT2D eigenvalue weighted by molar-refractivity contribution is -0.154. The van der Waals surface area contributed by atoms with Crippen LogP contribution in [0.4, 0.5) is 0 Å². The molecule has 0 aromatic rings. The summed E-state index contributed by atoms with van der Waals surface area (Å²) in [6, 6.07) is -0.614. The molecular weight excluding hydrogens is 242 g/mol. The SMILES string of the molecule is CCCCCCCC(=O)N1CCCC(C)C1C(=O)O. The summed E-state index contributed by atoms with van der Waals surface area (Å²) in [6.45, 7) is 4.70. The molecule has 2 atom stereocenters. The number of aliphatic carboxylic acids is 1. The second-order valence-electron chi connectivity index (χ2n) is 5.65. The van der Waals surface area contributed by atoms with E-state index >= 15 is 0 Å². The van der Waals surface area contributed by atoms with E-state index in [0.717, 1.165) is 25.7 Å². The Balaban J connectivity index is 2.42. The smallest absolute Gasteiger partial charge is 0.326 e. The number of unbranched alkanes of at least 4 members (excludes halogenated alkanes) is 4. The summed E-state index contributed by atoms with van der Waals surface area (Å²) in [6.07, 6.45) is 7.86. The van der Waals surface area contributed by atoms with Gasteiger partial charge >= 0.3 is 5.97 Å². The molecule has 0 aromatic carbocycles. The van der Waals surface area contributed by atoms with Gasteiger partial charge in [0.2, 0.25) is 5.91 Å². The topological polar surface area (TPSA) is 57.6 Å². The fourth-order valence-corrected chi connectivity index (χ4v) is 2.87. The van der Waals surface area contributed by atoms with E-state index in [-0.39, 0.29) is 11.8 Å². The van der Waals surface area contributed by atoms with Crippen LogP contribution in [0.25, 0.3) is 0 Å². The van der Waals surface area contributed by atoms with Crippen LogP contribution in [0.2, 0.25) is 0 Å². The summed E-state index contributed by atoms with van der Waals surface area (Å²) in [5, 5.41) is 9.28. The Morgan fingerprint density at radius 1 is 1.21 bits per heavy atom. The quantitative estimate of drug-likeness (QED) is 0.723. The molecule has 0 saturated carbocycles. The molecule has 0 spiro atoms. The molecule has 4 nitrogen and oxygen atoms in total. The van der Waals surface area contributed by atoms with Gasteiger partial charge in [0.1, 0.15) is 6.04 Å². The van der Waals surface area contributed by atoms with E-state index in [1.807, 2.05) is 6.92 Å². The second-order valence-corrected chi connectivity index (χ2v) is 5.65. The van der Waals surface area contributed by atoms with Crippen molar-refractivity contribution in [3.05, 3.63) is 0 Å². The zero-order valence-corrected chi connectivity index (χ0v) is 12.2. The van der Waals surface area contributed by atoms with Gasteiger partial charge in [-0.1, -0.05) is 39.5 Å². The number of amides is 1. The zero-order chi connectivity index (χ0) is 14.3. The van der Waals surface area contributed by atoms with E-state index in [1.54, 1.807) is 4.90 Å². The highest BCUT2D eigenvalue weighted by molar-refractivity contribution is 5.84. The van der Waals surface area contributed by atoms with Gasteiger partial charge in [-0.2, -0.15) is 0 Å². The molecular formula is C15H27NO3. The van der Waals surface area contributed by atoms with Crippen LogP contribution in [-0.4, -0.2) is 34.5 Å². The Morgan fingerprint density at radius 3 is 2.53 bits per heavy atom. The minimum absolute atomic E-state index is 0.0236. The third-order valence-corrected chi connectivity index (χ3v) is 4.00. The largest absolute Gasteiger partial charge is 0.480 e. The van der Waals surface area contributed by atoms with Crippen molar-refractivity contribution in [1.29, 1.82) is 0 Å². The molecule has 0 aliphatic carbocycles. The minimum atomic E-state index is -0.855. The highest BCUT2D eigenvalue weighted by atomic mass is 16.4. The van der Waals surface area contributed by atoms with Crippen molar-refractivity contribution in [2.75, 3.05) is 6.54 Å². The summed E-state index contributed by atoms with van der Waals surface area (Å²) < 4.78 is 0. The van der Waals surface area contributed by atoms with Crippen LogP contribution < -0.4 is 0 Å². The fraction of sp³-hybridized carbons (Fsp3) is 0.867. The molecule has 1 aliphatic heterocycles. The van der Waals surface area contributed by atoms with Gasteiger partial charge in [0.25, 0.3) is 0 Å². The highest BCUT2D eigenvalue weighted by Gasteiger charge is 2.36. The van der Waals surface area contributed by atoms with Crippen LogP contribution in [0.3, 0.4) is 0 Å². The molecule has 0 aromatic heterocycles. The normalized spacial score (nSPS) is 23.4. The van der Waals surface area contributed by atoms with Crippen LogP contribution in [0.1, 0.15) is 65.2 Å². The molecule has 19 heavy (non-hydrogen) atoms. The van der Waals surface area contributed by atoms with Gasteiger partial charge in [0.05, 0.1) is 0 Å². The lowest BCUT2D eigenvalue weighted by Crippen LogP contribution is -2.51. The van der Waals surface area contributed by atoms with E-state index in [4.69, 9.17) is 0 Å². The Morgan fingerprint density at radius 2 is 1.89 bits per heavy atom. The average molecular weight is 269 g/mol. The van der Waals surface area contributed by atoms with Crippen molar-refractivity contribution in [1.82, 2.24) is 4.90 Å². The lowest BCUT2D eigenvalue weighted by Gasteiger charge is -2.37. The molecule has 0 radical (unpaired) electrons. The molecule has 1 N–H and O–H groups in total. The maximum Gasteiger partial charge on any atom is 0.326 e. The summed E-state index contributed by atoms with van der Waals surface area (Å²) >= 11 is 0. The predicted octanol–water partition coefficient (Wildman–Crippen LogP) is 3.06. The summed E-state index contributed by atoms with van der Waals surface area (Å²) in [5.74, 6) is -0.766. The molecule has 2 unspecified atom stereocenters. The first-order valence-electron chi connectivity index (χ1n) is 7.60. The maximum atomic E-state index is 12.2. The number of likely N-dealkylation sites (tertiary alicyclic amines) is 1. The van der Waals surface area contributed by atoms with Gasteiger partial charge in [-0.05, 0) is 25.2 Å². The molecule has 1 fully saturated rings. The van der Waals surface area contributed by atoms with E-state index in [1.165, 1.54) is 19.3 Å². The second kappa shape index (κ2) is 8.18. The highest BCUT2D eigenvalue weighted by Crippen LogP contribution is 2.24. The Bertz CT molecular complexity index is 304. The number of hydrogen-bond donors (Lipinski definition) is 1. The number of nitrogens with zero attached hydrogens (tertiary/aromatic N) is 1. The van der Waals surface area contributed by atoms with Gasteiger partial charge in [0, 0.05) is 13.0 Å². The third-order valence-electron chi connectivity index (χ3n) is 4.00. The average Bonchev–Trinajstić information content (AvgIpc) is 2.37. The molecule has 1 amide bonds. The number of hydrogen-bond acceptors (Lipinski definition) is 2. The van der Waals surface area contributed by atoms with Gasteiger partial charge in [-0.25, -0.2) is 4.79 Å². The van der Waals surface area contributed by atoms with Crippen LogP contribution in [0.15, 0.2) is 0 Å². The monoisotopic (exact) mass is 269 g/mol. The summed E-state index contributed by atoms with van der Waals surface area (Å²) in [4.78, 5) is 25.0. The lowest BCUT2D eigenvalue weighted by atomic mass is 9.90. The van der Waals surface area contributed by atoms with Crippen molar-refractivity contribution in [2.45, 2.75) is 71.3 Å². The number of piperidine rings is 1. The van der Waals surface area contributed by atoms with E-state index in [9.17, 15) is 14.7 Å². The van der Waals surface area contributed by atoms with Crippen molar-refractivity contribution in [3.63, 3.8) is 0 Å². The van der Waals surface area contributed by atoms with Gasteiger partial charge in [0.15, 0.2) is 0 Å². The number of carbonyl (C=O) groups is 2. The Labute approximate surface area is 116 Å². The molecule has 1 aliphatic rings. The number of carboxylic acid groups (broad SMARTS) is 1. The van der Waals surface area contributed by atoms with Crippen molar-refractivity contribution in [3.8, 4) is 0 Å². The fourth-order valence-electron chi connectivity index (χ4n) is 2.87. The van der Waals surface area contributed by atoms with E-state index < -0.39 is 12.0 Å². The molecule has 1 heterocycles. The Kier molecular flexibility index (Phi) is 6.89. The van der Waals surface area contributed by atoms with Gasteiger partial charge in [-0.15, -0.1) is 0 Å². The van der Waals surface area contributed by atoms with Crippen LogP contribution in [0, 0.1) is 5.92 Å². The van der Waals surface area contributed by atoms with Crippen LogP contribution in [0.5, 0.6) is 0 Å². The molecule has 1 saturated heterocycles. The summed E-state index contributed by atoms with van der Waals surface area (Å²) in [7, 11) is 0. The standard InChI is InChI=1S/C15H27NO3/c1-3-4-5-6-7-10-13(17)16-11-8-9-12(2)14(16)15(18)19/h12,14H,3-11H2,1-2H3,(H,18,19). The molecule has 4 heteroatoms. The minimum Gasteiger partial charge on any atom is -0.480 e. The van der Waals surface area contributed by atoms with E-state index in [2.05, 4.69) is 6.92 Å². The summed E-state index contributed by atoms with van der Waals surface area (Å²) in [5.41, 5.74) is 0. The molecule has 0 bridgehead atoms. The molecule has 1 rings (SSSR count). The number of carbonyl (C=O) groups excluding carboxylic acids is 1.